The monoisotopic (exact) mass is 374 g/mol. The first-order valence-corrected chi connectivity index (χ1v) is 10.5. The maximum Gasteiger partial charge on any atom is 0.309 e. The molecule has 1 saturated heterocycles. The lowest BCUT2D eigenvalue weighted by Gasteiger charge is -2.30. The van der Waals surface area contributed by atoms with Gasteiger partial charge in [0.1, 0.15) is 0 Å². The van der Waals surface area contributed by atoms with Crippen LogP contribution in [0.5, 0.6) is 0 Å². The lowest BCUT2D eigenvalue weighted by molar-refractivity contribution is -0.149. The summed E-state index contributed by atoms with van der Waals surface area (Å²) in [4.78, 5) is 27.4. The zero-order valence-electron chi connectivity index (χ0n) is 15.3. The number of amides is 1. The molecule has 5 nitrogen and oxygen atoms in total. The average molecular weight is 375 g/mol. The molecule has 2 aliphatic rings. The first kappa shape index (κ1) is 17.6. The van der Waals surface area contributed by atoms with Crippen LogP contribution in [0.15, 0.2) is 18.5 Å². The van der Waals surface area contributed by atoms with Gasteiger partial charge in [0.15, 0.2) is 0 Å². The molecular formula is C20H26N2O3S. The van der Waals surface area contributed by atoms with E-state index in [0.29, 0.717) is 38.6 Å². The van der Waals surface area contributed by atoms with Crippen LogP contribution in [0.2, 0.25) is 0 Å². The minimum atomic E-state index is -0.120. The van der Waals surface area contributed by atoms with Crippen LogP contribution in [0.4, 0.5) is 0 Å². The summed E-state index contributed by atoms with van der Waals surface area (Å²) in [5.74, 6) is -0.0826. The van der Waals surface area contributed by atoms with Crippen molar-refractivity contribution in [2.45, 2.75) is 51.5 Å². The Hall–Kier alpha value is -1.82. The smallest absolute Gasteiger partial charge is 0.309 e. The van der Waals surface area contributed by atoms with Crippen LogP contribution >= 0.6 is 11.3 Å². The largest absolute Gasteiger partial charge is 0.466 e. The Bertz CT molecular complexity index is 764. The van der Waals surface area contributed by atoms with Crippen LogP contribution in [0.3, 0.4) is 0 Å². The Labute approximate surface area is 157 Å². The van der Waals surface area contributed by atoms with Gasteiger partial charge in [0, 0.05) is 36.9 Å². The Morgan fingerprint density at radius 1 is 1.15 bits per heavy atom. The molecule has 0 atom stereocenters. The highest BCUT2D eigenvalue weighted by Crippen LogP contribution is 2.34. The van der Waals surface area contributed by atoms with Crippen molar-refractivity contribution < 1.29 is 14.3 Å². The zero-order chi connectivity index (χ0) is 18.1. The Morgan fingerprint density at radius 3 is 2.54 bits per heavy atom. The Balaban J connectivity index is 1.40. The number of likely N-dealkylation sites (tertiary alicyclic amines) is 1. The van der Waals surface area contributed by atoms with Gasteiger partial charge in [-0.3, -0.25) is 9.59 Å². The lowest BCUT2D eigenvalue weighted by atomic mass is 9.97. The van der Waals surface area contributed by atoms with E-state index in [9.17, 15) is 9.59 Å². The van der Waals surface area contributed by atoms with Gasteiger partial charge in [-0.25, -0.2) is 0 Å². The number of fused-ring (bicyclic) bond motifs is 1. The Morgan fingerprint density at radius 2 is 1.88 bits per heavy atom. The molecule has 1 saturated carbocycles. The van der Waals surface area contributed by atoms with Crippen LogP contribution in [0, 0.1) is 5.92 Å². The van der Waals surface area contributed by atoms with Gasteiger partial charge in [-0.1, -0.05) is 12.8 Å². The molecule has 0 N–H and O–H groups in total. The van der Waals surface area contributed by atoms with E-state index in [1.54, 1.807) is 11.3 Å². The van der Waals surface area contributed by atoms with E-state index in [4.69, 9.17) is 4.74 Å². The molecule has 2 fully saturated rings. The highest BCUT2D eigenvalue weighted by atomic mass is 32.1. The molecule has 1 aliphatic carbocycles. The summed E-state index contributed by atoms with van der Waals surface area (Å²) in [6.45, 7) is 3.51. The van der Waals surface area contributed by atoms with E-state index < -0.39 is 0 Å². The zero-order valence-corrected chi connectivity index (χ0v) is 16.1. The summed E-state index contributed by atoms with van der Waals surface area (Å²) in [5.41, 5.74) is 0. The molecule has 1 amide bonds. The number of nitrogens with zero attached hydrogens (tertiary/aromatic N) is 2. The maximum absolute atomic E-state index is 12.8. The summed E-state index contributed by atoms with van der Waals surface area (Å²) < 4.78 is 8.64. The number of piperidine rings is 1. The molecule has 0 unspecified atom stereocenters. The topological polar surface area (TPSA) is 51.5 Å². The summed E-state index contributed by atoms with van der Waals surface area (Å²) in [6, 6.07) is 2.67. The van der Waals surface area contributed by atoms with E-state index >= 15 is 0 Å². The van der Waals surface area contributed by atoms with Crippen LogP contribution in [0.1, 0.15) is 61.2 Å². The summed E-state index contributed by atoms with van der Waals surface area (Å²) in [6.07, 6.45) is 11.0. The van der Waals surface area contributed by atoms with Crippen molar-refractivity contribution in [3.05, 3.63) is 23.3 Å². The number of hydrogen-bond acceptors (Lipinski definition) is 4. The number of aromatic nitrogens is 1. The third kappa shape index (κ3) is 3.39. The van der Waals surface area contributed by atoms with Crippen molar-refractivity contribution in [2.24, 2.45) is 5.92 Å². The molecule has 26 heavy (non-hydrogen) atoms. The average Bonchev–Trinajstić information content (AvgIpc) is 3.36. The van der Waals surface area contributed by atoms with E-state index in [1.165, 1.54) is 35.8 Å². The number of carbonyl (C=O) groups excluding carboxylic acids is 2. The number of rotatable bonds is 4. The molecule has 0 aromatic carbocycles. The standard InChI is InChI=1S/C20H26N2O3S/c1-2-25-20(24)14-7-9-21(10-8-14)19(23)17-11-15-12-22(13-18(15)26-17)16-5-3-4-6-16/h11-14,16H,2-10H2,1H3. The minimum absolute atomic E-state index is 0.0611. The molecule has 2 aromatic heterocycles. The summed E-state index contributed by atoms with van der Waals surface area (Å²) in [5, 5.41) is 1.17. The van der Waals surface area contributed by atoms with E-state index in [0.717, 1.165) is 4.88 Å². The predicted octanol–water partition coefficient (Wildman–Crippen LogP) is 4.23. The van der Waals surface area contributed by atoms with Crippen molar-refractivity contribution in [1.82, 2.24) is 9.47 Å². The normalized spacial score (nSPS) is 19.3. The number of hydrogen-bond donors (Lipinski definition) is 0. The maximum atomic E-state index is 12.8. The molecule has 140 valence electrons. The van der Waals surface area contributed by atoms with E-state index in [1.807, 2.05) is 17.9 Å². The molecule has 4 rings (SSSR count). The van der Waals surface area contributed by atoms with Crippen LogP contribution in [0.25, 0.3) is 10.1 Å². The second-order valence-corrected chi connectivity index (χ2v) is 8.48. The van der Waals surface area contributed by atoms with Crippen molar-refractivity contribution in [3.63, 3.8) is 0 Å². The number of carbonyl (C=O) groups is 2. The lowest BCUT2D eigenvalue weighted by Crippen LogP contribution is -2.40. The fourth-order valence-corrected chi connectivity index (χ4v) is 5.25. The van der Waals surface area contributed by atoms with Crippen molar-refractivity contribution in [1.29, 1.82) is 0 Å². The van der Waals surface area contributed by atoms with Gasteiger partial charge >= 0.3 is 5.97 Å². The molecule has 6 heteroatoms. The van der Waals surface area contributed by atoms with E-state index in [2.05, 4.69) is 17.0 Å². The highest BCUT2D eigenvalue weighted by molar-refractivity contribution is 7.20. The third-order valence-corrected chi connectivity index (χ3v) is 6.78. The first-order valence-electron chi connectivity index (χ1n) is 9.72. The fraction of sp³-hybridized carbons (Fsp3) is 0.600. The summed E-state index contributed by atoms with van der Waals surface area (Å²) >= 11 is 1.59. The van der Waals surface area contributed by atoms with Crippen LogP contribution in [-0.2, 0) is 9.53 Å². The molecule has 3 heterocycles. The van der Waals surface area contributed by atoms with Gasteiger partial charge in [0.2, 0.25) is 0 Å². The van der Waals surface area contributed by atoms with Crippen molar-refractivity contribution in [3.8, 4) is 0 Å². The second kappa shape index (κ2) is 7.43. The number of thiophene rings is 1. The molecule has 0 spiro atoms. The van der Waals surface area contributed by atoms with Crippen LogP contribution < -0.4 is 0 Å². The van der Waals surface area contributed by atoms with Gasteiger partial charge in [0.05, 0.1) is 22.1 Å². The Kier molecular flexibility index (Phi) is 5.02. The van der Waals surface area contributed by atoms with Gasteiger partial charge in [-0.15, -0.1) is 11.3 Å². The highest BCUT2D eigenvalue weighted by Gasteiger charge is 2.29. The van der Waals surface area contributed by atoms with Gasteiger partial charge in [-0.2, -0.15) is 0 Å². The predicted molar refractivity (Wildman–Crippen MR) is 103 cm³/mol. The minimum Gasteiger partial charge on any atom is -0.466 e. The molecular weight excluding hydrogens is 348 g/mol. The van der Waals surface area contributed by atoms with Crippen LogP contribution in [-0.4, -0.2) is 41.0 Å². The first-order chi connectivity index (χ1) is 12.7. The molecule has 2 aromatic rings. The van der Waals surface area contributed by atoms with Gasteiger partial charge in [0.25, 0.3) is 5.91 Å². The fourth-order valence-electron chi connectivity index (χ4n) is 4.21. The molecule has 0 bridgehead atoms. The van der Waals surface area contributed by atoms with Crippen molar-refractivity contribution >= 4 is 33.3 Å². The van der Waals surface area contributed by atoms with Crippen molar-refractivity contribution in [2.75, 3.05) is 19.7 Å². The van der Waals surface area contributed by atoms with Gasteiger partial charge < -0.3 is 14.2 Å². The van der Waals surface area contributed by atoms with E-state index in [-0.39, 0.29) is 17.8 Å². The van der Waals surface area contributed by atoms with Gasteiger partial charge in [-0.05, 0) is 38.7 Å². The quantitative estimate of drug-likeness (QED) is 0.753. The summed E-state index contributed by atoms with van der Waals surface area (Å²) in [7, 11) is 0. The molecule has 1 aliphatic heterocycles. The molecule has 0 radical (unpaired) electrons. The number of ether oxygens (including phenoxy) is 1. The number of esters is 1. The second-order valence-electron chi connectivity index (χ2n) is 7.39. The SMILES string of the molecule is CCOC(=O)C1CCN(C(=O)c2cc3cn(C4CCCC4)cc3s2)CC1. The third-order valence-electron chi connectivity index (χ3n) is 5.70.